The predicted molar refractivity (Wildman–Crippen MR) is 39.1 cm³/mol. The summed E-state index contributed by atoms with van der Waals surface area (Å²) in [5.74, 6) is 1.54. The van der Waals surface area contributed by atoms with Crippen molar-refractivity contribution < 1.29 is 5.11 Å². The molecular weight excluding hydrogens is 159 g/mol. The molecule has 1 atom stereocenters. The zero-order valence-electron chi connectivity index (χ0n) is 5.11. The van der Waals surface area contributed by atoms with Crippen molar-refractivity contribution in [2.75, 3.05) is 18.4 Å². The van der Waals surface area contributed by atoms with Gasteiger partial charge in [0.05, 0.1) is 0 Å². The van der Waals surface area contributed by atoms with E-state index < -0.39 is 0 Å². The lowest BCUT2D eigenvalue weighted by Crippen LogP contribution is -2.09. The molecule has 54 valence electrons. The third-order valence-electron chi connectivity index (χ3n) is 2.11. The van der Waals surface area contributed by atoms with Gasteiger partial charge in [-0.25, -0.2) is 0 Å². The molecule has 1 aliphatic rings. The van der Waals surface area contributed by atoms with Crippen LogP contribution in [-0.2, 0) is 0 Å². The molecule has 1 N–H and O–H groups in total. The van der Waals surface area contributed by atoms with Crippen molar-refractivity contribution in [3.8, 4) is 0 Å². The Kier molecular flexibility index (Phi) is 2.25. The standard InChI is InChI=1S/C6H10Cl2O/c7-3-6(4-8)1-5(6)2-9/h5,9H,1-4H2. The van der Waals surface area contributed by atoms with E-state index in [0.29, 0.717) is 17.7 Å². The highest BCUT2D eigenvalue weighted by Gasteiger charge is 2.52. The SMILES string of the molecule is OCC1CC1(CCl)CCl. The molecule has 0 aromatic heterocycles. The van der Waals surface area contributed by atoms with Gasteiger partial charge in [0.1, 0.15) is 0 Å². The zero-order valence-corrected chi connectivity index (χ0v) is 6.62. The summed E-state index contributed by atoms with van der Waals surface area (Å²) in [5.41, 5.74) is 0.0812. The normalized spacial score (nSPS) is 30.3. The van der Waals surface area contributed by atoms with E-state index in [4.69, 9.17) is 28.3 Å². The second kappa shape index (κ2) is 2.65. The first-order valence-electron chi connectivity index (χ1n) is 3.02. The molecule has 1 fully saturated rings. The summed E-state index contributed by atoms with van der Waals surface area (Å²) in [5, 5.41) is 8.69. The van der Waals surface area contributed by atoms with Crippen LogP contribution in [0.25, 0.3) is 0 Å². The maximum atomic E-state index is 8.69. The largest absolute Gasteiger partial charge is 0.396 e. The van der Waals surface area contributed by atoms with Crippen molar-refractivity contribution in [2.45, 2.75) is 6.42 Å². The minimum Gasteiger partial charge on any atom is -0.396 e. The Bertz CT molecular complexity index is 101. The highest BCUT2D eigenvalue weighted by Crippen LogP contribution is 2.53. The summed E-state index contributed by atoms with van der Waals surface area (Å²) in [7, 11) is 0. The van der Waals surface area contributed by atoms with Crippen LogP contribution in [0.15, 0.2) is 0 Å². The summed E-state index contributed by atoms with van der Waals surface area (Å²) < 4.78 is 0. The summed E-state index contributed by atoms with van der Waals surface area (Å²) in [4.78, 5) is 0. The molecule has 0 amide bonds. The van der Waals surface area contributed by atoms with Crippen molar-refractivity contribution in [1.29, 1.82) is 0 Å². The molecule has 3 heteroatoms. The Morgan fingerprint density at radius 1 is 1.44 bits per heavy atom. The summed E-state index contributed by atoms with van der Waals surface area (Å²) >= 11 is 11.3. The molecular formula is C6H10Cl2O. The van der Waals surface area contributed by atoms with Crippen molar-refractivity contribution in [3.63, 3.8) is 0 Å². The lowest BCUT2D eigenvalue weighted by atomic mass is 10.1. The van der Waals surface area contributed by atoms with Gasteiger partial charge in [-0.1, -0.05) is 0 Å². The molecule has 0 spiro atoms. The zero-order chi connectivity index (χ0) is 6.91. The van der Waals surface area contributed by atoms with Gasteiger partial charge in [-0.3, -0.25) is 0 Å². The second-order valence-corrected chi connectivity index (χ2v) is 3.25. The molecule has 0 heterocycles. The molecule has 9 heavy (non-hydrogen) atoms. The fraction of sp³-hybridized carbons (Fsp3) is 1.00. The third-order valence-corrected chi connectivity index (χ3v) is 3.18. The molecule has 1 saturated carbocycles. The van der Waals surface area contributed by atoms with Gasteiger partial charge in [0.2, 0.25) is 0 Å². The summed E-state index contributed by atoms with van der Waals surface area (Å²) in [6.45, 7) is 0.236. The molecule has 0 radical (unpaired) electrons. The summed E-state index contributed by atoms with van der Waals surface area (Å²) in [6, 6.07) is 0. The van der Waals surface area contributed by atoms with Crippen molar-refractivity contribution in [3.05, 3.63) is 0 Å². The first kappa shape index (κ1) is 7.64. The molecule has 0 aromatic rings. The van der Waals surface area contributed by atoms with Crippen LogP contribution in [0, 0.1) is 11.3 Å². The van der Waals surface area contributed by atoms with Crippen LogP contribution in [-0.4, -0.2) is 23.5 Å². The van der Waals surface area contributed by atoms with Crippen molar-refractivity contribution in [2.24, 2.45) is 11.3 Å². The van der Waals surface area contributed by atoms with Gasteiger partial charge in [0, 0.05) is 23.8 Å². The van der Waals surface area contributed by atoms with Crippen LogP contribution in [0.5, 0.6) is 0 Å². The highest BCUT2D eigenvalue weighted by atomic mass is 35.5. The van der Waals surface area contributed by atoms with Crippen LogP contribution < -0.4 is 0 Å². The first-order valence-corrected chi connectivity index (χ1v) is 4.09. The molecule has 1 nitrogen and oxygen atoms in total. The van der Waals surface area contributed by atoms with E-state index in [0.717, 1.165) is 6.42 Å². The Morgan fingerprint density at radius 2 is 2.00 bits per heavy atom. The van der Waals surface area contributed by atoms with E-state index in [1.54, 1.807) is 0 Å². The molecule has 0 aromatic carbocycles. The van der Waals surface area contributed by atoms with Gasteiger partial charge in [-0.05, 0) is 12.3 Å². The Balaban J connectivity index is 2.37. The minimum absolute atomic E-state index is 0.0812. The van der Waals surface area contributed by atoms with E-state index in [9.17, 15) is 0 Å². The molecule has 0 aliphatic heterocycles. The first-order chi connectivity index (χ1) is 4.29. The number of hydrogen-bond acceptors (Lipinski definition) is 1. The lowest BCUT2D eigenvalue weighted by molar-refractivity contribution is 0.259. The van der Waals surface area contributed by atoms with Gasteiger partial charge < -0.3 is 5.11 Å². The minimum atomic E-state index is 0.0812. The van der Waals surface area contributed by atoms with Gasteiger partial charge in [0.15, 0.2) is 0 Å². The average Bonchev–Trinajstić information content (AvgIpc) is 2.63. The average molecular weight is 169 g/mol. The van der Waals surface area contributed by atoms with E-state index in [1.807, 2.05) is 0 Å². The Hall–Kier alpha value is 0.540. The van der Waals surface area contributed by atoms with Crippen LogP contribution in [0.4, 0.5) is 0 Å². The van der Waals surface area contributed by atoms with Crippen LogP contribution in [0.2, 0.25) is 0 Å². The highest BCUT2D eigenvalue weighted by molar-refractivity contribution is 6.21. The van der Waals surface area contributed by atoms with E-state index in [2.05, 4.69) is 0 Å². The number of aliphatic hydroxyl groups excluding tert-OH is 1. The second-order valence-electron chi connectivity index (χ2n) is 2.71. The van der Waals surface area contributed by atoms with E-state index >= 15 is 0 Å². The molecule has 0 bridgehead atoms. The maximum absolute atomic E-state index is 8.69. The van der Waals surface area contributed by atoms with Crippen molar-refractivity contribution in [1.82, 2.24) is 0 Å². The predicted octanol–water partition coefficient (Wildman–Crippen LogP) is 1.46. The van der Waals surface area contributed by atoms with Gasteiger partial charge in [-0.2, -0.15) is 0 Å². The van der Waals surface area contributed by atoms with Crippen LogP contribution in [0.3, 0.4) is 0 Å². The van der Waals surface area contributed by atoms with E-state index in [1.165, 1.54) is 0 Å². The summed E-state index contributed by atoms with van der Waals surface area (Å²) in [6.07, 6.45) is 0.997. The van der Waals surface area contributed by atoms with Crippen LogP contribution >= 0.6 is 23.2 Å². The fourth-order valence-electron chi connectivity index (χ4n) is 1.05. The van der Waals surface area contributed by atoms with Gasteiger partial charge in [0.25, 0.3) is 0 Å². The Morgan fingerprint density at radius 3 is 2.11 bits per heavy atom. The molecule has 0 saturated heterocycles. The lowest BCUT2D eigenvalue weighted by Gasteiger charge is -2.06. The molecule has 1 aliphatic carbocycles. The van der Waals surface area contributed by atoms with Crippen LogP contribution in [0.1, 0.15) is 6.42 Å². The quantitative estimate of drug-likeness (QED) is 0.634. The van der Waals surface area contributed by atoms with E-state index in [-0.39, 0.29) is 12.0 Å². The number of aliphatic hydroxyl groups is 1. The molecule has 1 unspecified atom stereocenters. The number of halogens is 2. The maximum Gasteiger partial charge on any atom is 0.0465 e. The number of alkyl halides is 2. The topological polar surface area (TPSA) is 20.2 Å². The number of hydrogen-bond donors (Lipinski definition) is 1. The Labute approximate surface area is 65.0 Å². The monoisotopic (exact) mass is 168 g/mol. The smallest absolute Gasteiger partial charge is 0.0465 e. The van der Waals surface area contributed by atoms with Gasteiger partial charge in [-0.15, -0.1) is 23.2 Å². The molecule has 1 rings (SSSR count). The van der Waals surface area contributed by atoms with Gasteiger partial charge >= 0.3 is 0 Å². The third kappa shape index (κ3) is 1.19. The van der Waals surface area contributed by atoms with Crippen molar-refractivity contribution >= 4 is 23.2 Å². The number of rotatable bonds is 3. The fourth-order valence-corrected chi connectivity index (χ4v) is 1.99.